The van der Waals surface area contributed by atoms with E-state index in [0.717, 1.165) is 5.56 Å². The van der Waals surface area contributed by atoms with Crippen LogP contribution in [-0.4, -0.2) is 37.9 Å². The van der Waals surface area contributed by atoms with Crippen molar-refractivity contribution >= 4 is 11.9 Å². The smallest absolute Gasteiger partial charge is 0.353 e. The zero-order valence-corrected chi connectivity index (χ0v) is 14.6. The van der Waals surface area contributed by atoms with Gasteiger partial charge in [0.15, 0.2) is 6.29 Å². The Hall–Kier alpha value is -2.70. The number of benzene rings is 2. The van der Waals surface area contributed by atoms with E-state index in [1.165, 1.54) is 14.2 Å². The van der Waals surface area contributed by atoms with Gasteiger partial charge in [-0.25, -0.2) is 9.59 Å². The topological polar surface area (TPSA) is 71.1 Å². The second kappa shape index (κ2) is 7.68. The van der Waals surface area contributed by atoms with Gasteiger partial charge in [-0.15, -0.1) is 0 Å². The van der Waals surface area contributed by atoms with E-state index in [-0.39, 0.29) is 6.42 Å². The monoisotopic (exact) mass is 356 g/mol. The Morgan fingerprint density at radius 2 is 1.46 bits per heavy atom. The molecule has 1 fully saturated rings. The number of hydrogen-bond donors (Lipinski definition) is 0. The van der Waals surface area contributed by atoms with Crippen molar-refractivity contribution in [2.45, 2.75) is 24.4 Å². The van der Waals surface area contributed by atoms with Crippen LogP contribution in [-0.2, 0) is 35.0 Å². The molecule has 0 bridgehead atoms. The minimum atomic E-state index is -1.99. The van der Waals surface area contributed by atoms with E-state index in [0.29, 0.717) is 5.56 Å². The minimum absolute atomic E-state index is 0.286. The highest BCUT2D eigenvalue weighted by Crippen LogP contribution is 2.41. The fourth-order valence-electron chi connectivity index (χ4n) is 3.04. The molecule has 1 aliphatic heterocycles. The van der Waals surface area contributed by atoms with E-state index in [4.69, 9.17) is 18.9 Å². The SMILES string of the molecule is COC(=O)C1(C(=O)OC)O[C@@H](c2ccccc2)O[C@H]1Cc1ccccc1. The van der Waals surface area contributed by atoms with Crippen molar-refractivity contribution in [2.75, 3.05) is 14.2 Å². The number of methoxy groups -OCH3 is 2. The molecule has 1 aliphatic rings. The Morgan fingerprint density at radius 1 is 0.923 bits per heavy atom. The Bertz CT molecular complexity index is 742. The number of esters is 2. The van der Waals surface area contributed by atoms with Crippen molar-refractivity contribution in [3.63, 3.8) is 0 Å². The summed E-state index contributed by atoms with van der Waals surface area (Å²) in [5.41, 5.74) is -0.396. The van der Waals surface area contributed by atoms with Crippen LogP contribution < -0.4 is 0 Å². The fraction of sp³-hybridized carbons (Fsp3) is 0.300. The zero-order valence-electron chi connectivity index (χ0n) is 14.6. The van der Waals surface area contributed by atoms with Crippen molar-refractivity contribution in [3.8, 4) is 0 Å². The van der Waals surface area contributed by atoms with Gasteiger partial charge in [0.2, 0.25) is 0 Å². The van der Waals surface area contributed by atoms with Crippen LogP contribution in [0, 0.1) is 0 Å². The molecule has 1 heterocycles. The van der Waals surface area contributed by atoms with Crippen molar-refractivity contribution in [3.05, 3.63) is 71.8 Å². The van der Waals surface area contributed by atoms with Gasteiger partial charge in [0.05, 0.1) is 14.2 Å². The van der Waals surface area contributed by atoms with Crippen LogP contribution in [0.25, 0.3) is 0 Å². The van der Waals surface area contributed by atoms with Crippen LogP contribution in [0.4, 0.5) is 0 Å². The highest BCUT2D eigenvalue weighted by Gasteiger charge is 2.63. The number of carbonyl (C=O) groups is 2. The third-order valence-corrected chi connectivity index (χ3v) is 4.35. The van der Waals surface area contributed by atoms with Gasteiger partial charge in [-0.3, -0.25) is 0 Å². The first kappa shape index (κ1) is 18.1. The molecule has 0 unspecified atom stereocenters. The first-order valence-electron chi connectivity index (χ1n) is 8.20. The largest absolute Gasteiger partial charge is 0.466 e. The predicted molar refractivity (Wildman–Crippen MR) is 92.1 cm³/mol. The molecule has 136 valence electrons. The van der Waals surface area contributed by atoms with Crippen molar-refractivity contribution < 1.29 is 28.5 Å². The summed E-state index contributed by atoms with van der Waals surface area (Å²) in [4.78, 5) is 25.2. The average Bonchev–Trinajstić information content (AvgIpc) is 3.08. The lowest BCUT2D eigenvalue weighted by Crippen LogP contribution is -2.56. The molecule has 0 aliphatic carbocycles. The Balaban J connectivity index is 2.01. The Morgan fingerprint density at radius 3 is 2.00 bits per heavy atom. The van der Waals surface area contributed by atoms with Crippen LogP contribution in [0.3, 0.4) is 0 Å². The molecule has 2 atom stereocenters. The molecule has 0 spiro atoms. The summed E-state index contributed by atoms with van der Waals surface area (Å²) in [7, 11) is 2.40. The maximum Gasteiger partial charge on any atom is 0.353 e. The summed E-state index contributed by atoms with van der Waals surface area (Å²) >= 11 is 0. The molecule has 0 aromatic heterocycles. The molecular weight excluding hydrogens is 336 g/mol. The van der Waals surface area contributed by atoms with Gasteiger partial charge in [-0.05, 0) is 5.56 Å². The first-order chi connectivity index (χ1) is 12.6. The van der Waals surface area contributed by atoms with Crippen LogP contribution in [0.2, 0.25) is 0 Å². The maximum absolute atomic E-state index is 12.6. The summed E-state index contributed by atoms with van der Waals surface area (Å²) in [5, 5.41) is 0. The van der Waals surface area contributed by atoms with E-state index in [2.05, 4.69) is 0 Å². The average molecular weight is 356 g/mol. The molecule has 26 heavy (non-hydrogen) atoms. The van der Waals surface area contributed by atoms with Crippen LogP contribution in [0.1, 0.15) is 17.4 Å². The van der Waals surface area contributed by atoms with Crippen molar-refractivity contribution in [1.29, 1.82) is 0 Å². The highest BCUT2D eigenvalue weighted by molar-refractivity contribution is 6.04. The van der Waals surface area contributed by atoms with Gasteiger partial charge in [0.1, 0.15) is 6.10 Å². The quantitative estimate of drug-likeness (QED) is 0.605. The predicted octanol–water partition coefficient (Wildman–Crippen LogP) is 2.43. The van der Waals surface area contributed by atoms with Gasteiger partial charge in [0.25, 0.3) is 5.60 Å². The van der Waals surface area contributed by atoms with Crippen molar-refractivity contribution in [1.82, 2.24) is 0 Å². The summed E-state index contributed by atoms with van der Waals surface area (Å²) in [5.74, 6) is -1.69. The van der Waals surface area contributed by atoms with Gasteiger partial charge >= 0.3 is 11.9 Å². The van der Waals surface area contributed by atoms with E-state index >= 15 is 0 Å². The summed E-state index contributed by atoms with van der Waals surface area (Å²) in [6, 6.07) is 18.5. The molecule has 6 nitrogen and oxygen atoms in total. The molecule has 6 heteroatoms. The number of rotatable bonds is 5. The minimum Gasteiger partial charge on any atom is -0.466 e. The Kier molecular flexibility index (Phi) is 5.35. The summed E-state index contributed by atoms with van der Waals surface area (Å²) < 4.78 is 21.6. The fourth-order valence-corrected chi connectivity index (χ4v) is 3.04. The number of hydrogen-bond acceptors (Lipinski definition) is 6. The molecule has 3 rings (SSSR count). The van der Waals surface area contributed by atoms with E-state index < -0.39 is 29.9 Å². The molecule has 2 aromatic rings. The summed E-state index contributed by atoms with van der Waals surface area (Å²) in [6.45, 7) is 0. The molecule has 1 saturated heterocycles. The standard InChI is InChI=1S/C20H20O6/c1-23-18(21)20(19(22)24-2)16(13-14-9-5-3-6-10-14)25-17(26-20)15-11-7-4-8-12-15/h3-12,16-17H,13H2,1-2H3/t16-,17-/m0/s1. The van der Waals surface area contributed by atoms with Gasteiger partial charge < -0.3 is 18.9 Å². The zero-order chi connectivity index (χ0) is 18.6. The molecule has 0 radical (unpaired) electrons. The Labute approximate surface area is 151 Å². The van der Waals surface area contributed by atoms with Gasteiger partial charge in [-0.2, -0.15) is 0 Å². The normalized spacial score (nSPS) is 21.2. The van der Waals surface area contributed by atoms with Gasteiger partial charge in [-0.1, -0.05) is 60.7 Å². The van der Waals surface area contributed by atoms with Crippen LogP contribution in [0.5, 0.6) is 0 Å². The summed E-state index contributed by atoms with van der Waals surface area (Å²) in [6.07, 6.45) is -1.49. The lowest BCUT2D eigenvalue weighted by Gasteiger charge is -2.26. The van der Waals surface area contributed by atoms with Crippen molar-refractivity contribution in [2.24, 2.45) is 0 Å². The second-order valence-electron chi connectivity index (χ2n) is 5.89. The molecule has 2 aromatic carbocycles. The lowest BCUT2D eigenvalue weighted by molar-refractivity contribution is -0.188. The second-order valence-corrected chi connectivity index (χ2v) is 5.89. The van der Waals surface area contributed by atoms with Gasteiger partial charge in [0, 0.05) is 12.0 Å². The van der Waals surface area contributed by atoms with E-state index in [1.54, 1.807) is 12.1 Å². The molecule has 0 N–H and O–H groups in total. The maximum atomic E-state index is 12.6. The number of ether oxygens (including phenoxy) is 4. The molecular formula is C20H20O6. The highest BCUT2D eigenvalue weighted by atomic mass is 16.8. The third-order valence-electron chi connectivity index (χ3n) is 4.35. The lowest BCUT2D eigenvalue weighted by atomic mass is 9.91. The van der Waals surface area contributed by atoms with Crippen LogP contribution in [0.15, 0.2) is 60.7 Å². The number of carbonyl (C=O) groups excluding carboxylic acids is 2. The third kappa shape index (κ3) is 3.21. The van der Waals surface area contributed by atoms with E-state index in [9.17, 15) is 9.59 Å². The van der Waals surface area contributed by atoms with E-state index in [1.807, 2.05) is 48.5 Å². The molecule has 0 amide bonds. The first-order valence-corrected chi connectivity index (χ1v) is 8.20. The van der Waals surface area contributed by atoms with Crippen LogP contribution >= 0.6 is 0 Å². The molecule has 0 saturated carbocycles.